The van der Waals surface area contributed by atoms with Gasteiger partial charge in [0, 0.05) is 24.2 Å². The van der Waals surface area contributed by atoms with Crippen LogP contribution in [0, 0.1) is 11.6 Å². The van der Waals surface area contributed by atoms with Gasteiger partial charge in [0.05, 0.1) is 40.7 Å². The molecule has 200 valence electrons. The van der Waals surface area contributed by atoms with Crippen LogP contribution in [-0.2, 0) is 10.9 Å². The Morgan fingerprint density at radius 3 is 2.46 bits per heavy atom. The van der Waals surface area contributed by atoms with Gasteiger partial charge in [0.2, 0.25) is 5.91 Å². The van der Waals surface area contributed by atoms with Crippen LogP contribution >= 0.6 is 0 Å². The van der Waals surface area contributed by atoms with E-state index in [1.165, 1.54) is 24.4 Å². The number of alkyl halides is 3. The number of ether oxygens (including phenoxy) is 1. The van der Waals surface area contributed by atoms with Crippen LogP contribution in [0.15, 0.2) is 54.7 Å². The summed E-state index contributed by atoms with van der Waals surface area (Å²) in [6.45, 7) is 1.79. The minimum atomic E-state index is -4.95. The molecule has 3 N–H and O–H groups in total. The maximum Gasteiger partial charge on any atom is 0.417 e. The molecule has 3 aromatic carbocycles. The number of carbonyl (C=O) groups is 2. The average Bonchev–Trinajstić information content (AvgIpc) is 2.93. The summed E-state index contributed by atoms with van der Waals surface area (Å²) < 4.78 is 76.3. The highest BCUT2D eigenvalue weighted by molar-refractivity contribution is 6.11. The van der Waals surface area contributed by atoms with Crippen molar-refractivity contribution in [1.82, 2.24) is 15.3 Å². The Bertz CT molecular complexity index is 1620. The lowest BCUT2D eigenvalue weighted by Crippen LogP contribution is -2.33. The van der Waals surface area contributed by atoms with Gasteiger partial charge in [-0.1, -0.05) is 6.07 Å². The Morgan fingerprint density at radius 2 is 1.77 bits per heavy atom. The molecule has 1 atom stereocenters. The highest BCUT2D eigenvalue weighted by atomic mass is 19.4. The molecule has 5 rings (SSSR count). The lowest BCUT2D eigenvalue weighted by molar-refractivity contribution is -0.137. The Kier molecular flexibility index (Phi) is 6.83. The van der Waals surface area contributed by atoms with Crippen LogP contribution in [-0.4, -0.2) is 41.4 Å². The van der Waals surface area contributed by atoms with Crippen molar-refractivity contribution in [2.24, 2.45) is 5.73 Å². The summed E-state index contributed by atoms with van der Waals surface area (Å²) in [5.74, 6) is -5.10. The molecule has 1 aromatic heterocycles. The Labute approximate surface area is 217 Å². The number of carbonyl (C=O) groups excluding carboxylic acids is 2. The van der Waals surface area contributed by atoms with Gasteiger partial charge in [0.15, 0.2) is 17.4 Å². The lowest BCUT2D eigenvalue weighted by Gasteiger charge is -2.22. The van der Waals surface area contributed by atoms with Gasteiger partial charge in [-0.05, 0) is 53.6 Å². The number of rotatable bonds is 5. The zero-order valence-electron chi connectivity index (χ0n) is 20.0. The van der Waals surface area contributed by atoms with E-state index in [1.54, 1.807) is 0 Å². The molecular weight excluding hydrogens is 523 g/mol. The normalized spacial score (nSPS) is 15.9. The first-order valence-electron chi connectivity index (χ1n) is 11.7. The zero-order valence-corrected chi connectivity index (χ0v) is 20.0. The molecule has 0 radical (unpaired) electrons. The monoisotopic (exact) mass is 542 g/mol. The quantitative estimate of drug-likeness (QED) is 0.282. The largest absolute Gasteiger partial charge is 0.417 e. The van der Waals surface area contributed by atoms with Crippen LogP contribution in [0.1, 0.15) is 43.6 Å². The Hall–Kier alpha value is -4.29. The number of halogens is 5. The fraction of sp³-hybridized carbons (Fsp3) is 0.185. The van der Waals surface area contributed by atoms with E-state index in [2.05, 4.69) is 15.3 Å². The van der Waals surface area contributed by atoms with Gasteiger partial charge in [0.1, 0.15) is 6.10 Å². The highest BCUT2D eigenvalue weighted by Crippen LogP contribution is 2.39. The number of fused-ring (bicyclic) bond motifs is 1. The highest BCUT2D eigenvalue weighted by Gasteiger charge is 2.35. The fourth-order valence-corrected chi connectivity index (χ4v) is 4.33. The third kappa shape index (κ3) is 5.20. The second-order valence-electron chi connectivity index (χ2n) is 8.83. The standard InChI is InChI=1S/C27H19F5N4O3/c28-19-9-15(16-3-1-14(26(33)38)8-18(16)27(30,31)32)7-17(24(19)29)25(37)13-2-4-20-21(10-13)35-11-22(36-20)23-12-34-5-6-39-23/h1-4,7-11,23,34H,5-6,12H2,(H2,33,38). The fourth-order valence-electron chi connectivity index (χ4n) is 4.33. The summed E-state index contributed by atoms with van der Waals surface area (Å²) >= 11 is 0. The SMILES string of the molecule is NC(=O)c1ccc(-c2cc(F)c(F)c(C(=O)c3ccc4nc(C5CNCCO5)cnc4c3)c2)c(C(F)(F)F)c1. The van der Waals surface area contributed by atoms with Gasteiger partial charge in [-0.2, -0.15) is 13.2 Å². The van der Waals surface area contributed by atoms with Crippen LogP contribution in [0.2, 0.25) is 0 Å². The summed E-state index contributed by atoms with van der Waals surface area (Å²) in [7, 11) is 0. The van der Waals surface area contributed by atoms with Crippen LogP contribution in [0.3, 0.4) is 0 Å². The molecule has 1 amide bonds. The number of nitrogens with zero attached hydrogens (tertiary/aromatic N) is 2. The molecule has 39 heavy (non-hydrogen) atoms. The van der Waals surface area contributed by atoms with E-state index in [-0.39, 0.29) is 11.7 Å². The van der Waals surface area contributed by atoms with E-state index in [0.717, 1.165) is 24.7 Å². The van der Waals surface area contributed by atoms with E-state index in [1.807, 2.05) is 0 Å². The summed E-state index contributed by atoms with van der Waals surface area (Å²) in [5.41, 5.74) is 2.87. The van der Waals surface area contributed by atoms with Crippen molar-refractivity contribution in [3.63, 3.8) is 0 Å². The molecule has 0 bridgehead atoms. The molecule has 2 heterocycles. The predicted molar refractivity (Wildman–Crippen MR) is 130 cm³/mol. The number of hydrogen-bond acceptors (Lipinski definition) is 6. The molecule has 7 nitrogen and oxygen atoms in total. The molecule has 0 spiro atoms. The number of ketones is 1. The van der Waals surface area contributed by atoms with Crippen molar-refractivity contribution in [2.45, 2.75) is 12.3 Å². The third-order valence-corrected chi connectivity index (χ3v) is 6.27. The molecular formula is C27H19F5N4O3. The summed E-state index contributed by atoms with van der Waals surface area (Å²) in [6.07, 6.45) is -3.76. The number of benzene rings is 3. The number of nitrogens with one attached hydrogen (secondary N) is 1. The van der Waals surface area contributed by atoms with Crippen molar-refractivity contribution >= 4 is 22.7 Å². The van der Waals surface area contributed by atoms with Crippen molar-refractivity contribution in [2.75, 3.05) is 19.7 Å². The van der Waals surface area contributed by atoms with Crippen LogP contribution in [0.25, 0.3) is 22.2 Å². The van der Waals surface area contributed by atoms with Crippen LogP contribution in [0.5, 0.6) is 0 Å². The maximum absolute atomic E-state index is 14.8. The molecule has 4 aromatic rings. The van der Waals surface area contributed by atoms with E-state index in [4.69, 9.17) is 10.5 Å². The number of primary amides is 1. The van der Waals surface area contributed by atoms with E-state index in [0.29, 0.717) is 42.0 Å². The first-order chi connectivity index (χ1) is 18.5. The van der Waals surface area contributed by atoms with Crippen molar-refractivity contribution in [3.8, 4) is 11.1 Å². The minimum Gasteiger partial charge on any atom is -0.369 e. The number of aromatic nitrogens is 2. The predicted octanol–water partition coefficient (Wildman–Crippen LogP) is 4.58. The number of nitrogens with two attached hydrogens (primary N) is 1. The average molecular weight is 542 g/mol. The van der Waals surface area contributed by atoms with Gasteiger partial charge >= 0.3 is 6.18 Å². The van der Waals surface area contributed by atoms with Gasteiger partial charge in [-0.3, -0.25) is 14.6 Å². The van der Waals surface area contributed by atoms with Gasteiger partial charge in [0.25, 0.3) is 0 Å². The van der Waals surface area contributed by atoms with Crippen molar-refractivity contribution < 1.29 is 36.3 Å². The molecule has 12 heteroatoms. The first kappa shape index (κ1) is 26.3. The topological polar surface area (TPSA) is 107 Å². The molecule has 1 saturated heterocycles. The molecule has 1 aliphatic heterocycles. The van der Waals surface area contributed by atoms with Gasteiger partial charge in [-0.25, -0.2) is 13.8 Å². The van der Waals surface area contributed by atoms with E-state index >= 15 is 0 Å². The van der Waals surface area contributed by atoms with Crippen molar-refractivity contribution in [3.05, 3.63) is 94.3 Å². The Morgan fingerprint density at radius 1 is 1.00 bits per heavy atom. The molecule has 1 aliphatic rings. The van der Waals surface area contributed by atoms with E-state index in [9.17, 15) is 31.5 Å². The number of morpholine rings is 1. The van der Waals surface area contributed by atoms with Gasteiger partial charge < -0.3 is 15.8 Å². The van der Waals surface area contributed by atoms with Crippen LogP contribution in [0.4, 0.5) is 22.0 Å². The maximum atomic E-state index is 14.8. The number of hydrogen-bond donors (Lipinski definition) is 2. The second kappa shape index (κ2) is 10.1. The number of amides is 1. The van der Waals surface area contributed by atoms with Gasteiger partial charge in [-0.15, -0.1) is 0 Å². The molecule has 0 saturated carbocycles. The minimum absolute atomic E-state index is 0.0734. The summed E-state index contributed by atoms with van der Waals surface area (Å²) in [5, 5.41) is 3.18. The van der Waals surface area contributed by atoms with Crippen molar-refractivity contribution in [1.29, 1.82) is 0 Å². The van der Waals surface area contributed by atoms with E-state index < -0.39 is 57.3 Å². The summed E-state index contributed by atoms with van der Waals surface area (Å²) in [6, 6.07) is 8.01. The zero-order chi connectivity index (χ0) is 27.9. The summed E-state index contributed by atoms with van der Waals surface area (Å²) in [4.78, 5) is 33.4. The molecule has 1 fully saturated rings. The molecule has 0 aliphatic carbocycles. The van der Waals surface area contributed by atoms with Crippen LogP contribution < -0.4 is 11.1 Å². The second-order valence-corrected chi connectivity index (χ2v) is 8.83. The molecule has 1 unspecified atom stereocenters. The smallest absolute Gasteiger partial charge is 0.369 e. The first-order valence-corrected chi connectivity index (χ1v) is 11.7. The lowest BCUT2D eigenvalue weighted by atomic mass is 9.93. The Balaban J connectivity index is 1.54. The third-order valence-electron chi connectivity index (χ3n) is 6.27.